The number of halogens is 1. The van der Waals surface area contributed by atoms with Crippen LogP contribution in [0.25, 0.3) is 0 Å². The average molecular weight is 285 g/mol. The van der Waals surface area contributed by atoms with Crippen LogP contribution in [0.2, 0.25) is 0 Å². The molecule has 0 amide bonds. The van der Waals surface area contributed by atoms with E-state index in [2.05, 4.69) is 20.9 Å². The summed E-state index contributed by atoms with van der Waals surface area (Å²) in [4.78, 5) is 16.0. The Morgan fingerprint density at radius 1 is 1.50 bits per heavy atom. The Morgan fingerprint density at radius 3 is 2.56 bits per heavy atom. The van der Waals surface area contributed by atoms with Crippen LogP contribution in [0.1, 0.15) is 26.5 Å². The Bertz CT molecular complexity index is 368. The first-order valence-corrected chi connectivity index (χ1v) is 5.99. The second kappa shape index (κ2) is 5.06. The van der Waals surface area contributed by atoms with Crippen LogP contribution in [-0.4, -0.2) is 16.8 Å². The van der Waals surface area contributed by atoms with Gasteiger partial charge >= 0.3 is 0 Å². The molecule has 0 fully saturated rings. The predicted molar refractivity (Wildman–Crippen MR) is 68.1 cm³/mol. The first-order valence-electron chi connectivity index (χ1n) is 5.19. The molecule has 1 rings (SSSR count). The van der Waals surface area contributed by atoms with E-state index < -0.39 is 6.04 Å². The fourth-order valence-corrected chi connectivity index (χ4v) is 1.52. The van der Waals surface area contributed by atoms with Gasteiger partial charge in [-0.15, -0.1) is 0 Å². The Hall–Kier alpha value is -0.740. The van der Waals surface area contributed by atoms with Crippen molar-refractivity contribution in [2.45, 2.75) is 33.2 Å². The molecule has 0 saturated heterocycles. The molecule has 1 aromatic heterocycles. The maximum Gasteiger partial charge on any atom is 0.155 e. The third-order valence-electron chi connectivity index (χ3n) is 2.42. The third-order valence-corrected chi connectivity index (χ3v) is 2.89. The summed E-state index contributed by atoms with van der Waals surface area (Å²) in [5.41, 5.74) is 6.44. The van der Waals surface area contributed by atoms with Crippen molar-refractivity contribution >= 4 is 21.7 Å². The Balaban J connectivity index is 2.68. The lowest BCUT2D eigenvalue weighted by Crippen LogP contribution is -2.43. The molecule has 1 heterocycles. The summed E-state index contributed by atoms with van der Waals surface area (Å²) in [6.07, 6.45) is 1.98. The van der Waals surface area contributed by atoms with Gasteiger partial charge in [0.15, 0.2) is 5.78 Å². The van der Waals surface area contributed by atoms with Gasteiger partial charge in [-0.25, -0.2) is 0 Å². The zero-order valence-corrected chi connectivity index (χ0v) is 11.4. The van der Waals surface area contributed by atoms with Crippen LogP contribution in [0.5, 0.6) is 0 Å². The normalized spacial score (nSPS) is 13.6. The van der Waals surface area contributed by atoms with Crippen LogP contribution < -0.4 is 5.73 Å². The molecule has 3 nitrogen and oxygen atoms in total. The van der Waals surface area contributed by atoms with E-state index in [0.29, 0.717) is 6.42 Å². The highest BCUT2D eigenvalue weighted by Crippen LogP contribution is 2.19. The van der Waals surface area contributed by atoms with Crippen LogP contribution in [-0.2, 0) is 11.2 Å². The second-order valence-electron chi connectivity index (χ2n) is 4.95. The first kappa shape index (κ1) is 13.3. The zero-order chi connectivity index (χ0) is 12.3. The number of Topliss-reactive ketones (excluding diaryl/α,β-unsaturated/α-hetero) is 1. The third kappa shape index (κ3) is 3.68. The topological polar surface area (TPSA) is 56.0 Å². The van der Waals surface area contributed by atoms with Gasteiger partial charge < -0.3 is 5.73 Å². The molecule has 0 aliphatic heterocycles. The monoisotopic (exact) mass is 284 g/mol. The van der Waals surface area contributed by atoms with Crippen molar-refractivity contribution in [3.8, 4) is 0 Å². The molecule has 0 aromatic carbocycles. The second-order valence-corrected chi connectivity index (χ2v) is 5.87. The van der Waals surface area contributed by atoms with Crippen molar-refractivity contribution in [3.63, 3.8) is 0 Å². The molecular weight excluding hydrogens is 268 g/mol. The van der Waals surface area contributed by atoms with Crippen molar-refractivity contribution in [2.75, 3.05) is 0 Å². The summed E-state index contributed by atoms with van der Waals surface area (Å²) in [7, 11) is 0. The number of carbonyl (C=O) groups is 1. The number of hydrogen-bond donors (Lipinski definition) is 1. The number of aromatic nitrogens is 1. The van der Waals surface area contributed by atoms with Crippen LogP contribution >= 0.6 is 15.9 Å². The molecule has 4 heteroatoms. The van der Waals surface area contributed by atoms with E-state index in [-0.39, 0.29) is 11.2 Å². The van der Waals surface area contributed by atoms with E-state index in [1.807, 2.05) is 32.9 Å². The number of pyridine rings is 1. The molecule has 2 N–H and O–H groups in total. The van der Waals surface area contributed by atoms with Gasteiger partial charge in [-0.1, -0.05) is 20.8 Å². The maximum atomic E-state index is 11.9. The molecule has 1 unspecified atom stereocenters. The Morgan fingerprint density at radius 2 is 2.12 bits per heavy atom. The van der Waals surface area contributed by atoms with Crippen molar-refractivity contribution in [2.24, 2.45) is 11.1 Å². The molecule has 0 aliphatic carbocycles. The van der Waals surface area contributed by atoms with Gasteiger partial charge in [0.2, 0.25) is 0 Å². The fraction of sp³-hybridized carbons (Fsp3) is 0.500. The van der Waals surface area contributed by atoms with Gasteiger partial charge in [0.25, 0.3) is 0 Å². The molecule has 0 bridgehead atoms. The lowest BCUT2D eigenvalue weighted by molar-refractivity contribution is -0.121. The van der Waals surface area contributed by atoms with Crippen molar-refractivity contribution in [3.05, 3.63) is 28.5 Å². The van der Waals surface area contributed by atoms with Crippen molar-refractivity contribution < 1.29 is 4.79 Å². The molecule has 0 aliphatic rings. The van der Waals surface area contributed by atoms with E-state index in [4.69, 9.17) is 5.73 Å². The minimum atomic E-state index is -0.446. The van der Waals surface area contributed by atoms with E-state index in [9.17, 15) is 4.79 Å². The number of carbonyl (C=O) groups excluding carboxylic acids is 1. The summed E-state index contributed by atoms with van der Waals surface area (Å²) in [6.45, 7) is 5.89. The minimum Gasteiger partial charge on any atom is -0.321 e. The van der Waals surface area contributed by atoms with Gasteiger partial charge in [-0.05, 0) is 33.5 Å². The standard InChI is InChI=1S/C12H17BrN2O/c1-12(2,3)11(14)10(16)6-9-5-4-8(13)7-15-9/h4-5,7,11H,6,14H2,1-3H3. The van der Waals surface area contributed by atoms with E-state index in [0.717, 1.165) is 10.2 Å². The smallest absolute Gasteiger partial charge is 0.155 e. The number of nitrogens with two attached hydrogens (primary N) is 1. The van der Waals surface area contributed by atoms with Crippen molar-refractivity contribution in [1.29, 1.82) is 0 Å². The van der Waals surface area contributed by atoms with Gasteiger partial charge in [0.1, 0.15) is 0 Å². The number of hydrogen-bond acceptors (Lipinski definition) is 3. The predicted octanol–water partition coefficient (Wildman–Crippen LogP) is 2.33. The van der Waals surface area contributed by atoms with Crippen LogP contribution in [0.4, 0.5) is 0 Å². The van der Waals surface area contributed by atoms with Gasteiger partial charge in [-0.2, -0.15) is 0 Å². The first-order chi connectivity index (χ1) is 7.30. The summed E-state index contributed by atoms with van der Waals surface area (Å²) >= 11 is 3.30. The van der Waals surface area contributed by atoms with E-state index in [1.165, 1.54) is 0 Å². The number of rotatable bonds is 3. The highest BCUT2D eigenvalue weighted by Gasteiger charge is 2.27. The Labute approximate surface area is 105 Å². The van der Waals surface area contributed by atoms with Gasteiger partial charge in [-0.3, -0.25) is 9.78 Å². The van der Waals surface area contributed by atoms with Crippen LogP contribution in [0.15, 0.2) is 22.8 Å². The molecule has 1 aromatic rings. The molecule has 0 saturated carbocycles. The van der Waals surface area contributed by atoms with Crippen molar-refractivity contribution in [1.82, 2.24) is 4.98 Å². The summed E-state index contributed by atoms with van der Waals surface area (Å²) in [5.74, 6) is 0.0299. The summed E-state index contributed by atoms with van der Waals surface area (Å²) in [5, 5.41) is 0. The summed E-state index contributed by atoms with van der Waals surface area (Å²) in [6, 6.07) is 3.26. The zero-order valence-electron chi connectivity index (χ0n) is 9.83. The van der Waals surface area contributed by atoms with E-state index >= 15 is 0 Å². The van der Waals surface area contributed by atoms with Gasteiger partial charge in [0, 0.05) is 16.4 Å². The number of nitrogens with zero attached hydrogens (tertiary/aromatic N) is 1. The minimum absolute atomic E-state index is 0.0299. The Kier molecular flexibility index (Phi) is 4.21. The number of ketones is 1. The highest BCUT2D eigenvalue weighted by molar-refractivity contribution is 9.10. The molecule has 0 radical (unpaired) electrons. The fourth-order valence-electron chi connectivity index (χ4n) is 1.28. The maximum absolute atomic E-state index is 11.9. The molecule has 88 valence electrons. The van der Waals surface area contributed by atoms with Crippen LogP contribution in [0, 0.1) is 5.41 Å². The average Bonchev–Trinajstić information content (AvgIpc) is 2.19. The lowest BCUT2D eigenvalue weighted by Gasteiger charge is -2.25. The van der Waals surface area contributed by atoms with Crippen LogP contribution in [0.3, 0.4) is 0 Å². The lowest BCUT2D eigenvalue weighted by atomic mass is 9.84. The molecule has 16 heavy (non-hydrogen) atoms. The molecule has 0 spiro atoms. The largest absolute Gasteiger partial charge is 0.321 e. The highest BCUT2D eigenvalue weighted by atomic mass is 79.9. The molecule has 1 atom stereocenters. The van der Waals surface area contributed by atoms with Gasteiger partial charge in [0.05, 0.1) is 12.5 Å². The SMILES string of the molecule is CC(C)(C)C(N)C(=O)Cc1ccc(Br)cn1. The quantitative estimate of drug-likeness (QED) is 0.927. The summed E-state index contributed by atoms with van der Waals surface area (Å²) < 4.78 is 0.906. The van der Waals surface area contributed by atoms with E-state index in [1.54, 1.807) is 6.20 Å². The molecular formula is C12H17BrN2O.